The van der Waals surface area contributed by atoms with Crippen LogP contribution in [-0.4, -0.2) is 59.5 Å². The lowest BCUT2D eigenvalue weighted by atomic mass is 9.84. The number of amides is 4. The number of anilines is 1. The number of benzene rings is 1. The summed E-state index contributed by atoms with van der Waals surface area (Å²) in [6.07, 6.45) is 7.68. The third kappa shape index (κ3) is 7.11. The average Bonchev–Trinajstić information content (AvgIpc) is 3.21. The second-order valence-corrected chi connectivity index (χ2v) is 12.2. The van der Waals surface area contributed by atoms with Crippen molar-refractivity contribution in [2.24, 2.45) is 5.92 Å². The van der Waals surface area contributed by atoms with Crippen LogP contribution in [0.2, 0.25) is 0 Å². The molecule has 2 fully saturated rings. The zero-order chi connectivity index (χ0) is 28.2. The van der Waals surface area contributed by atoms with Crippen LogP contribution in [0.4, 0.5) is 10.5 Å². The summed E-state index contributed by atoms with van der Waals surface area (Å²) in [6.45, 7) is 9.64. The van der Waals surface area contributed by atoms with Gasteiger partial charge in [0.1, 0.15) is 11.6 Å². The van der Waals surface area contributed by atoms with Gasteiger partial charge in [-0.3, -0.25) is 19.7 Å². The first kappa shape index (κ1) is 28.9. The Hall–Kier alpha value is -3.10. The van der Waals surface area contributed by atoms with E-state index in [1.165, 1.54) is 0 Å². The molecular formula is C30H44N4O5. The summed E-state index contributed by atoms with van der Waals surface area (Å²) < 4.78 is 5.43. The number of hydrogen-bond acceptors (Lipinski definition) is 6. The number of imide groups is 1. The Morgan fingerprint density at radius 1 is 1.15 bits per heavy atom. The summed E-state index contributed by atoms with van der Waals surface area (Å²) in [7, 11) is 0. The predicted molar refractivity (Wildman–Crippen MR) is 149 cm³/mol. The van der Waals surface area contributed by atoms with E-state index < -0.39 is 11.6 Å². The molecule has 3 atom stereocenters. The summed E-state index contributed by atoms with van der Waals surface area (Å²) in [5.41, 5.74) is 2.16. The van der Waals surface area contributed by atoms with E-state index in [1.807, 2.05) is 32.9 Å². The average molecular weight is 541 g/mol. The van der Waals surface area contributed by atoms with Gasteiger partial charge in [-0.2, -0.15) is 0 Å². The molecule has 0 bridgehead atoms. The van der Waals surface area contributed by atoms with Gasteiger partial charge in [-0.05, 0) is 70.9 Å². The second-order valence-electron chi connectivity index (χ2n) is 12.2. The molecule has 1 saturated heterocycles. The highest BCUT2D eigenvalue weighted by atomic mass is 16.6. The van der Waals surface area contributed by atoms with Crippen LogP contribution in [0, 0.1) is 5.92 Å². The van der Waals surface area contributed by atoms with Crippen molar-refractivity contribution in [2.75, 3.05) is 18.0 Å². The van der Waals surface area contributed by atoms with E-state index in [4.69, 9.17) is 4.74 Å². The van der Waals surface area contributed by atoms with Crippen LogP contribution in [-0.2, 0) is 20.9 Å². The van der Waals surface area contributed by atoms with Crippen LogP contribution in [0.1, 0.15) is 101 Å². The van der Waals surface area contributed by atoms with Crippen molar-refractivity contribution in [1.82, 2.24) is 15.5 Å². The minimum atomic E-state index is -0.623. The van der Waals surface area contributed by atoms with Crippen LogP contribution in [0.15, 0.2) is 18.2 Å². The molecule has 3 aliphatic rings. The molecule has 1 saturated carbocycles. The highest BCUT2D eigenvalue weighted by molar-refractivity contribution is 6.06. The molecule has 2 heterocycles. The third-order valence-corrected chi connectivity index (χ3v) is 8.00. The SMILES string of the molecule is CCCCCN(c1cccc2c1CN(C1CCC(=O)NC1=O)C2=O)[C@H]1CCC[C@H](CNC(=O)OC(C)(C)C)C1. The van der Waals surface area contributed by atoms with Gasteiger partial charge in [0.2, 0.25) is 11.8 Å². The molecule has 1 aromatic carbocycles. The Morgan fingerprint density at radius 3 is 2.67 bits per heavy atom. The van der Waals surface area contributed by atoms with Gasteiger partial charge in [-0.1, -0.05) is 32.3 Å². The molecule has 2 N–H and O–H groups in total. The largest absolute Gasteiger partial charge is 0.444 e. The van der Waals surface area contributed by atoms with E-state index in [-0.39, 0.29) is 30.2 Å². The van der Waals surface area contributed by atoms with Gasteiger partial charge in [0, 0.05) is 48.9 Å². The lowest BCUT2D eigenvalue weighted by Crippen LogP contribution is -2.52. The zero-order valence-corrected chi connectivity index (χ0v) is 23.9. The molecule has 4 rings (SSSR count). The van der Waals surface area contributed by atoms with Crippen LogP contribution in [0.3, 0.4) is 0 Å². The summed E-state index contributed by atoms with van der Waals surface area (Å²) in [4.78, 5) is 54.0. The number of nitrogens with one attached hydrogen (secondary N) is 2. The smallest absolute Gasteiger partial charge is 0.407 e. The van der Waals surface area contributed by atoms with Crippen molar-refractivity contribution < 1.29 is 23.9 Å². The summed E-state index contributed by atoms with van der Waals surface area (Å²) >= 11 is 0. The zero-order valence-electron chi connectivity index (χ0n) is 23.9. The molecule has 214 valence electrons. The maximum atomic E-state index is 13.4. The number of fused-ring (bicyclic) bond motifs is 1. The van der Waals surface area contributed by atoms with Gasteiger partial charge in [0.05, 0.1) is 0 Å². The van der Waals surface area contributed by atoms with E-state index in [1.54, 1.807) is 4.90 Å². The lowest BCUT2D eigenvalue weighted by Gasteiger charge is -2.40. The van der Waals surface area contributed by atoms with Crippen molar-refractivity contribution in [3.8, 4) is 0 Å². The van der Waals surface area contributed by atoms with Gasteiger partial charge in [-0.25, -0.2) is 4.79 Å². The Morgan fingerprint density at radius 2 is 1.95 bits per heavy atom. The first-order valence-corrected chi connectivity index (χ1v) is 14.6. The molecule has 1 aromatic rings. The highest BCUT2D eigenvalue weighted by Gasteiger charge is 2.41. The molecule has 1 unspecified atom stereocenters. The van der Waals surface area contributed by atoms with Gasteiger partial charge < -0.3 is 19.9 Å². The second kappa shape index (κ2) is 12.4. The van der Waals surface area contributed by atoms with Crippen molar-refractivity contribution in [3.63, 3.8) is 0 Å². The molecule has 9 nitrogen and oxygen atoms in total. The fraction of sp³-hybridized carbons (Fsp3) is 0.667. The Kier molecular flexibility index (Phi) is 9.18. The normalized spacial score (nSPS) is 23.3. The van der Waals surface area contributed by atoms with Crippen molar-refractivity contribution in [2.45, 2.75) is 110 Å². The first-order valence-electron chi connectivity index (χ1n) is 14.6. The predicted octanol–water partition coefficient (Wildman–Crippen LogP) is 4.53. The fourth-order valence-corrected chi connectivity index (χ4v) is 6.14. The standard InChI is InChI=1S/C30H44N4O5/c1-5-6-7-16-33(21-11-8-10-20(17-21)18-31-29(38)39-30(2,3)4)24-13-9-12-22-23(24)19-34(28(22)37)25-14-15-26(35)32-27(25)36/h9,12-13,20-21,25H,5-8,10-11,14-19H2,1-4H3,(H,31,38)(H,32,35,36)/t20-,21-,25?/m0/s1. The summed E-state index contributed by atoms with van der Waals surface area (Å²) in [5.74, 6) is -0.459. The van der Waals surface area contributed by atoms with Gasteiger partial charge in [0.25, 0.3) is 5.91 Å². The molecule has 0 aromatic heterocycles. The minimum absolute atomic E-state index is 0.141. The number of carbonyl (C=O) groups is 4. The van der Waals surface area contributed by atoms with E-state index in [0.717, 1.165) is 62.7 Å². The fourth-order valence-electron chi connectivity index (χ4n) is 6.14. The number of rotatable bonds is 9. The maximum Gasteiger partial charge on any atom is 0.407 e. The highest BCUT2D eigenvalue weighted by Crippen LogP contribution is 2.38. The number of hydrogen-bond donors (Lipinski definition) is 2. The topological polar surface area (TPSA) is 108 Å². The van der Waals surface area contributed by atoms with E-state index in [2.05, 4.69) is 28.5 Å². The van der Waals surface area contributed by atoms with Crippen LogP contribution in [0.25, 0.3) is 0 Å². The molecule has 39 heavy (non-hydrogen) atoms. The van der Waals surface area contributed by atoms with Crippen LogP contribution < -0.4 is 15.5 Å². The molecule has 2 aliphatic heterocycles. The van der Waals surface area contributed by atoms with E-state index in [9.17, 15) is 19.2 Å². The van der Waals surface area contributed by atoms with Gasteiger partial charge >= 0.3 is 6.09 Å². The van der Waals surface area contributed by atoms with Crippen LogP contribution in [0.5, 0.6) is 0 Å². The van der Waals surface area contributed by atoms with E-state index >= 15 is 0 Å². The molecule has 4 amide bonds. The minimum Gasteiger partial charge on any atom is -0.444 e. The van der Waals surface area contributed by atoms with E-state index in [0.29, 0.717) is 37.0 Å². The van der Waals surface area contributed by atoms with Gasteiger partial charge in [0.15, 0.2) is 0 Å². The molecule has 0 radical (unpaired) electrons. The third-order valence-electron chi connectivity index (χ3n) is 8.00. The first-order chi connectivity index (χ1) is 18.6. The number of carbonyl (C=O) groups excluding carboxylic acids is 4. The lowest BCUT2D eigenvalue weighted by molar-refractivity contribution is -0.136. The number of unbranched alkanes of at least 4 members (excludes halogenated alkanes) is 2. The summed E-state index contributed by atoms with van der Waals surface area (Å²) in [5, 5.41) is 5.36. The monoisotopic (exact) mass is 540 g/mol. The quantitative estimate of drug-likeness (QED) is 0.352. The molecule has 1 aliphatic carbocycles. The number of ether oxygens (including phenoxy) is 1. The molecular weight excluding hydrogens is 496 g/mol. The molecule has 9 heteroatoms. The van der Waals surface area contributed by atoms with Gasteiger partial charge in [-0.15, -0.1) is 0 Å². The van der Waals surface area contributed by atoms with Crippen LogP contribution >= 0.6 is 0 Å². The van der Waals surface area contributed by atoms with Crippen molar-refractivity contribution in [1.29, 1.82) is 0 Å². The Balaban J connectivity index is 1.51. The Labute approximate surface area is 232 Å². The number of alkyl carbamates (subject to hydrolysis) is 1. The Bertz CT molecular complexity index is 1080. The van der Waals surface area contributed by atoms with Crippen molar-refractivity contribution in [3.05, 3.63) is 29.3 Å². The number of piperidine rings is 1. The maximum absolute atomic E-state index is 13.4. The summed E-state index contributed by atoms with van der Waals surface area (Å²) in [6, 6.07) is 5.58. The number of nitrogens with zero attached hydrogens (tertiary/aromatic N) is 2. The molecule has 0 spiro atoms. The van der Waals surface area contributed by atoms with Crippen molar-refractivity contribution >= 4 is 29.5 Å².